The van der Waals surface area contributed by atoms with Gasteiger partial charge in [-0.15, -0.1) is 11.3 Å². The van der Waals surface area contributed by atoms with Crippen molar-refractivity contribution in [3.63, 3.8) is 0 Å². The van der Waals surface area contributed by atoms with Crippen LogP contribution in [0, 0.1) is 23.5 Å². The Bertz CT molecular complexity index is 1100. The van der Waals surface area contributed by atoms with Gasteiger partial charge in [0.2, 0.25) is 0 Å². The number of thiophene rings is 1. The number of fused-ring (bicyclic) bond motifs is 1. The molecule has 0 aliphatic carbocycles. The molecule has 3 nitrogen and oxygen atoms in total. The summed E-state index contributed by atoms with van der Waals surface area (Å²) in [5, 5.41) is 1.05. The third-order valence-corrected chi connectivity index (χ3v) is 5.85. The third-order valence-electron chi connectivity index (χ3n) is 4.82. The summed E-state index contributed by atoms with van der Waals surface area (Å²) < 4.78 is 36.5. The van der Waals surface area contributed by atoms with Crippen molar-refractivity contribution in [2.45, 2.75) is 26.1 Å². The number of nitrogens with zero attached hydrogens (tertiary/aromatic N) is 1. The van der Waals surface area contributed by atoms with Crippen LogP contribution >= 0.6 is 11.3 Å². The number of aldehydes is 1. The molecule has 0 spiro atoms. The Morgan fingerprint density at radius 3 is 2.52 bits per heavy atom. The Hall–Kier alpha value is -2.75. The lowest BCUT2D eigenvalue weighted by Crippen LogP contribution is -2.46. The summed E-state index contributed by atoms with van der Waals surface area (Å²) >= 11 is 1.48. The molecule has 148 valence electrons. The van der Waals surface area contributed by atoms with Crippen LogP contribution in [0.2, 0.25) is 0 Å². The molecule has 0 N–H and O–H groups in total. The van der Waals surface area contributed by atoms with E-state index in [1.807, 2.05) is 44.2 Å². The third kappa shape index (κ3) is 3.89. The minimum absolute atomic E-state index is 0.0214. The molecule has 0 bridgehead atoms. The Morgan fingerprint density at radius 1 is 1.10 bits per heavy atom. The van der Waals surface area contributed by atoms with Gasteiger partial charge in [0.05, 0.1) is 28.3 Å². The summed E-state index contributed by atoms with van der Waals surface area (Å²) in [5.41, 5.74) is -0.0575. The monoisotopic (exact) mass is 411 g/mol. The highest BCUT2D eigenvalue weighted by atomic mass is 32.1. The van der Waals surface area contributed by atoms with Crippen LogP contribution in [0.15, 0.2) is 36.4 Å². The van der Waals surface area contributed by atoms with Crippen molar-refractivity contribution in [3.05, 3.63) is 64.0 Å². The van der Waals surface area contributed by atoms with Crippen molar-refractivity contribution in [2.24, 2.45) is 0 Å². The molecular weight excluding hydrogens is 392 g/mol. The SMILES string of the molecule is C[C@@H]1CN(c2c(C=O)cc(C#Cc3cc4ccccc4s3)c(F)c2F)C[C@H](C)O1. The zero-order valence-electron chi connectivity index (χ0n) is 16.0. The van der Waals surface area contributed by atoms with Crippen LogP contribution in [-0.4, -0.2) is 31.6 Å². The molecule has 1 aliphatic rings. The lowest BCUT2D eigenvalue weighted by molar-refractivity contribution is -0.00547. The predicted molar refractivity (Wildman–Crippen MR) is 112 cm³/mol. The van der Waals surface area contributed by atoms with E-state index in [9.17, 15) is 13.6 Å². The van der Waals surface area contributed by atoms with Crippen LogP contribution in [0.25, 0.3) is 10.1 Å². The van der Waals surface area contributed by atoms with E-state index < -0.39 is 11.6 Å². The van der Waals surface area contributed by atoms with Crippen LogP contribution in [0.1, 0.15) is 34.6 Å². The Balaban J connectivity index is 1.73. The average Bonchev–Trinajstić information content (AvgIpc) is 3.11. The van der Waals surface area contributed by atoms with E-state index in [-0.39, 0.29) is 29.0 Å². The number of carbonyl (C=O) groups excluding carboxylic acids is 1. The average molecular weight is 411 g/mol. The van der Waals surface area contributed by atoms with Crippen LogP contribution in [0.5, 0.6) is 0 Å². The maximum Gasteiger partial charge on any atom is 0.184 e. The van der Waals surface area contributed by atoms with Crippen LogP contribution in [-0.2, 0) is 4.74 Å². The standard InChI is InChI=1S/C23H19F2NO2S/c1-14-11-26(12-15(2)28-14)23-18(13-27)9-17(21(24)22(23)25)7-8-19-10-16-5-3-4-6-20(16)29-19/h3-6,9-10,13-15H,11-12H2,1-2H3/t14-,15+. The number of anilines is 1. The topological polar surface area (TPSA) is 29.5 Å². The van der Waals surface area contributed by atoms with Gasteiger partial charge in [-0.1, -0.05) is 30.0 Å². The van der Waals surface area contributed by atoms with Gasteiger partial charge in [0, 0.05) is 23.4 Å². The minimum atomic E-state index is -1.04. The highest BCUT2D eigenvalue weighted by molar-refractivity contribution is 7.19. The summed E-state index contributed by atoms with van der Waals surface area (Å²) in [6.07, 6.45) is 0.258. The highest BCUT2D eigenvalue weighted by Crippen LogP contribution is 2.31. The second kappa shape index (κ2) is 7.94. The molecule has 2 aromatic carbocycles. The summed E-state index contributed by atoms with van der Waals surface area (Å²) in [4.78, 5) is 14.1. The second-order valence-electron chi connectivity index (χ2n) is 7.17. The predicted octanol–water partition coefficient (Wildman–Crippen LogP) is 5.01. The fourth-order valence-electron chi connectivity index (χ4n) is 3.67. The van der Waals surface area contributed by atoms with Gasteiger partial charge in [-0.2, -0.15) is 0 Å². The van der Waals surface area contributed by atoms with Gasteiger partial charge in [0.1, 0.15) is 0 Å². The van der Waals surface area contributed by atoms with Gasteiger partial charge in [-0.3, -0.25) is 4.79 Å². The number of hydrogen-bond acceptors (Lipinski definition) is 4. The van der Waals surface area contributed by atoms with Gasteiger partial charge in [-0.25, -0.2) is 8.78 Å². The molecule has 0 saturated carbocycles. The number of hydrogen-bond donors (Lipinski definition) is 0. The van der Waals surface area contributed by atoms with E-state index in [1.54, 1.807) is 4.90 Å². The van der Waals surface area contributed by atoms with Crippen molar-refractivity contribution in [3.8, 4) is 11.8 Å². The lowest BCUT2D eigenvalue weighted by Gasteiger charge is -2.37. The molecular formula is C23H19F2NO2S. The largest absolute Gasteiger partial charge is 0.372 e. The van der Waals surface area contributed by atoms with E-state index >= 15 is 0 Å². The number of halogens is 2. The first-order valence-electron chi connectivity index (χ1n) is 9.34. The van der Waals surface area contributed by atoms with E-state index in [0.29, 0.717) is 19.4 Å². The zero-order chi connectivity index (χ0) is 20.5. The molecule has 1 saturated heterocycles. The van der Waals surface area contributed by atoms with E-state index in [0.717, 1.165) is 15.0 Å². The number of morpholine rings is 1. The molecule has 3 aromatic rings. The summed E-state index contributed by atoms with van der Waals surface area (Å²) in [5.74, 6) is 3.51. The van der Waals surface area contributed by atoms with Gasteiger partial charge < -0.3 is 9.64 Å². The molecule has 1 aromatic heterocycles. The number of benzene rings is 2. The van der Waals surface area contributed by atoms with Crippen molar-refractivity contribution >= 4 is 33.4 Å². The second-order valence-corrected chi connectivity index (χ2v) is 8.25. The summed E-state index contributed by atoms with van der Waals surface area (Å²) in [6.45, 7) is 4.49. The molecule has 0 amide bonds. The van der Waals surface area contributed by atoms with Gasteiger partial charge in [0.15, 0.2) is 17.9 Å². The fraction of sp³-hybridized carbons (Fsp3) is 0.261. The van der Waals surface area contributed by atoms with Crippen LogP contribution < -0.4 is 4.90 Å². The fourth-order valence-corrected chi connectivity index (χ4v) is 4.59. The molecule has 6 heteroatoms. The Morgan fingerprint density at radius 2 is 1.83 bits per heavy atom. The smallest absolute Gasteiger partial charge is 0.184 e. The summed E-state index contributed by atoms with van der Waals surface area (Å²) in [6, 6.07) is 11.1. The quantitative estimate of drug-likeness (QED) is 0.439. The maximum absolute atomic E-state index is 15.0. The number of rotatable bonds is 2. The van der Waals surface area contributed by atoms with E-state index in [2.05, 4.69) is 11.8 Å². The zero-order valence-corrected chi connectivity index (χ0v) is 16.9. The molecule has 29 heavy (non-hydrogen) atoms. The molecule has 0 unspecified atom stereocenters. The van der Waals surface area contributed by atoms with Crippen LogP contribution in [0.4, 0.5) is 14.5 Å². The highest BCUT2D eigenvalue weighted by Gasteiger charge is 2.28. The first kappa shape index (κ1) is 19.6. The number of carbonyl (C=O) groups is 1. The van der Waals surface area contributed by atoms with Crippen molar-refractivity contribution in [1.82, 2.24) is 0 Å². The first-order valence-corrected chi connectivity index (χ1v) is 10.2. The lowest BCUT2D eigenvalue weighted by atomic mass is 10.1. The number of ether oxygens (including phenoxy) is 1. The van der Waals surface area contributed by atoms with Crippen molar-refractivity contribution in [1.29, 1.82) is 0 Å². The van der Waals surface area contributed by atoms with Gasteiger partial charge in [-0.05, 0) is 37.4 Å². The van der Waals surface area contributed by atoms with Crippen LogP contribution in [0.3, 0.4) is 0 Å². The van der Waals surface area contributed by atoms with Crippen molar-refractivity contribution in [2.75, 3.05) is 18.0 Å². The molecule has 1 aliphatic heterocycles. The molecule has 4 rings (SSSR count). The maximum atomic E-state index is 15.0. The van der Waals surface area contributed by atoms with Crippen molar-refractivity contribution < 1.29 is 18.3 Å². The molecule has 2 atom stereocenters. The van der Waals surface area contributed by atoms with Gasteiger partial charge in [0.25, 0.3) is 0 Å². The Labute approximate surface area is 171 Å². The molecule has 2 heterocycles. The molecule has 0 radical (unpaired) electrons. The van der Waals surface area contributed by atoms with E-state index in [4.69, 9.17) is 4.74 Å². The first-order chi connectivity index (χ1) is 14.0. The van der Waals surface area contributed by atoms with E-state index in [1.165, 1.54) is 17.4 Å². The van der Waals surface area contributed by atoms with Gasteiger partial charge >= 0.3 is 0 Å². The normalized spacial score (nSPS) is 19.1. The Kier molecular flexibility index (Phi) is 5.35. The minimum Gasteiger partial charge on any atom is -0.372 e. The summed E-state index contributed by atoms with van der Waals surface area (Å²) in [7, 11) is 0. The molecule has 1 fully saturated rings.